The van der Waals surface area contributed by atoms with Crippen molar-refractivity contribution in [3.8, 4) is 11.5 Å². The number of carbonyl (C=O) groups is 2. The molecule has 1 saturated heterocycles. The minimum Gasteiger partial charge on any atom is -0.493 e. The van der Waals surface area contributed by atoms with Crippen LogP contribution in [0.3, 0.4) is 0 Å². The summed E-state index contributed by atoms with van der Waals surface area (Å²) in [5, 5.41) is 3.40. The summed E-state index contributed by atoms with van der Waals surface area (Å²) in [5.41, 5.74) is 3.24. The monoisotopic (exact) mass is 563 g/mol. The minimum absolute atomic E-state index is 0.127. The fourth-order valence-corrected chi connectivity index (χ4v) is 5.37. The third-order valence-corrected chi connectivity index (χ3v) is 7.37. The summed E-state index contributed by atoms with van der Waals surface area (Å²) in [6, 6.07) is 33.8. The number of hydrogen-bond donors (Lipinski definition) is 1. The number of para-hydroxylation sites is 2. The van der Waals surface area contributed by atoms with Gasteiger partial charge in [0.2, 0.25) is 0 Å². The number of amides is 2. The van der Waals surface area contributed by atoms with Crippen molar-refractivity contribution in [3.05, 3.63) is 125 Å². The first kappa shape index (κ1) is 27.7. The predicted molar refractivity (Wildman–Crippen MR) is 164 cm³/mol. The maximum absolute atomic E-state index is 13.7. The van der Waals surface area contributed by atoms with Gasteiger partial charge in [0, 0.05) is 5.69 Å². The van der Waals surface area contributed by atoms with Gasteiger partial charge in [-0.3, -0.25) is 14.5 Å². The molecular weight excluding hydrogens is 534 g/mol. The number of anilines is 1. The average Bonchev–Trinajstić information content (AvgIpc) is 3.31. The van der Waals surface area contributed by atoms with E-state index in [-0.39, 0.29) is 24.5 Å². The zero-order chi connectivity index (χ0) is 28.6. The second-order valence-corrected chi connectivity index (χ2v) is 10.2. The van der Waals surface area contributed by atoms with Crippen LogP contribution in [0.15, 0.2) is 119 Å². The van der Waals surface area contributed by atoms with Gasteiger partial charge >= 0.3 is 0 Å². The van der Waals surface area contributed by atoms with Gasteiger partial charge in [-0.15, -0.1) is 0 Å². The Labute approximate surface area is 243 Å². The predicted octanol–water partition coefficient (Wildman–Crippen LogP) is 7.08. The highest BCUT2D eigenvalue weighted by molar-refractivity contribution is 8.18. The van der Waals surface area contributed by atoms with E-state index in [9.17, 15) is 9.59 Å². The summed E-state index contributed by atoms with van der Waals surface area (Å²) in [5.74, 6) is 0.470. The molecule has 1 N–H and O–H groups in total. The smallest absolute Gasteiger partial charge is 0.267 e. The first-order chi connectivity index (χ1) is 20.0. The van der Waals surface area contributed by atoms with E-state index in [2.05, 4.69) is 5.32 Å². The van der Waals surface area contributed by atoms with E-state index in [0.717, 1.165) is 16.8 Å². The molecule has 7 nitrogen and oxygen atoms in total. The number of amidine groups is 1. The van der Waals surface area contributed by atoms with Crippen molar-refractivity contribution in [2.45, 2.75) is 13.0 Å². The van der Waals surface area contributed by atoms with Crippen LogP contribution in [0, 0.1) is 0 Å². The van der Waals surface area contributed by atoms with Crippen molar-refractivity contribution in [3.63, 3.8) is 0 Å². The Bertz CT molecular complexity index is 1570. The van der Waals surface area contributed by atoms with E-state index in [1.807, 2.05) is 97.9 Å². The van der Waals surface area contributed by atoms with Crippen molar-refractivity contribution in [1.82, 2.24) is 4.90 Å². The van der Waals surface area contributed by atoms with E-state index in [0.29, 0.717) is 27.3 Å². The van der Waals surface area contributed by atoms with Crippen LogP contribution in [0.5, 0.6) is 11.5 Å². The Morgan fingerprint density at radius 1 is 0.927 bits per heavy atom. The fourth-order valence-electron chi connectivity index (χ4n) is 4.31. The Balaban J connectivity index is 1.37. The highest BCUT2D eigenvalue weighted by Gasteiger charge is 2.37. The number of thioether (sulfide) groups is 1. The molecule has 0 aliphatic carbocycles. The molecule has 4 aromatic rings. The molecule has 1 atom stereocenters. The summed E-state index contributed by atoms with van der Waals surface area (Å²) in [4.78, 5) is 33.1. The molecule has 1 fully saturated rings. The van der Waals surface area contributed by atoms with Crippen molar-refractivity contribution in [2.75, 3.05) is 19.0 Å². The fraction of sp³-hybridized carbons (Fsp3) is 0.121. The van der Waals surface area contributed by atoms with Crippen LogP contribution < -0.4 is 14.8 Å². The van der Waals surface area contributed by atoms with Crippen LogP contribution in [-0.2, 0) is 9.59 Å². The van der Waals surface area contributed by atoms with Gasteiger partial charge in [-0.2, -0.15) is 0 Å². The van der Waals surface area contributed by atoms with Gasteiger partial charge in [-0.05, 0) is 72.3 Å². The number of methoxy groups -OCH3 is 1. The van der Waals surface area contributed by atoms with Crippen molar-refractivity contribution in [1.29, 1.82) is 0 Å². The Hall–Kier alpha value is -4.82. The van der Waals surface area contributed by atoms with Crippen LogP contribution in [0.25, 0.3) is 6.08 Å². The minimum atomic E-state index is -0.282. The van der Waals surface area contributed by atoms with E-state index in [1.165, 1.54) is 18.9 Å². The number of carbonyl (C=O) groups excluding carboxylic acids is 2. The third-order valence-electron chi connectivity index (χ3n) is 6.39. The van der Waals surface area contributed by atoms with Gasteiger partial charge in [0.15, 0.2) is 23.3 Å². The van der Waals surface area contributed by atoms with Crippen LogP contribution in [0.4, 0.5) is 11.4 Å². The van der Waals surface area contributed by atoms with Crippen LogP contribution in [0.2, 0.25) is 0 Å². The largest absolute Gasteiger partial charge is 0.493 e. The van der Waals surface area contributed by atoms with Crippen molar-refractivity contribution >= 4 is 46.2 Å². The Morgan fingerprint density at radius 2 is 1.59 bits per heavy atom. The molecule has 0 saturated carbocycles. The van der Waals surface area contributed by atoms with Crippen LogP contribution in [-0.4, -0.2) is 35.6 Å². The molecule has 1 aliphatic heterocycles. The first-order valence-electron chi connectivity index (χ1n) is 13.1. The topological polar surface area (TPSA) is 80.2 Å². The number of rotatable bonds is 9. The lowest BCUT2D eigenvalue weighted by Gasteiger charge is -2.24. The van der Waals surface area contributed by atoms with Gasteiger partial charge in [0.25, 0.3) is 11.8 Å². The highest BCUT2D eigenvalue weighted by atomic mass is 32.2. The first-order valence-corrected chi connectivity index (χ1v) is 13.9. The number of benzene rings is 4. The van der Waals surface area contributed by atoms with Gasteiger partial charge < -0.3 is 14.8 Å². The average molecular weight is 564 g/mol. The molecule has 0 bridgehead atoms. The summed E-state index contributed by atoms with van der Waals surface area (Å²) >= 11 is 1.33. The Kier molecular flexibility index (Phi) is 8.81. The van der Waals surface area contributed by atoms with E-state index in [4.69, 9.17) is 14.5 Å². The lowest BCUT2D eigenvalue weighted by molar-refractivity contribution is -0.123. The maximum atomic E-state index is 13.7. The van der Waals surface area contributed by atoms with Crippen molar-refractivity contribution in [2.24, 2.45) is 4.99 Å². The molecule has 0 radical (unpaired) electrons. The molecule has 1 aliphatic rings. The third kappa shape index (κ3) is 6.85. The maximum Gasteiger partial charge on any atom is 0.267 e. The summed E-state index contributed by atoms with van der Waals surface area (Å²) in [6.07, 6.45) is 1.82. The second-order valence-electron chi connectivity index (χ2n) is 9.22. The molecule has 2 amide bonds. The Morgan fingerprint density at radius 3 is 2.27 bits per heavy atom. The summed E-state index contributed by atoms with van der Waals surface area (Å²) in [7, 11) is 1.53. The van der Waals surface area contributed by atoms with Crippen molar-refractivity contribution < 1.29 is 19.1 Å². The van der Waals surface area contributed by atoms with Gasteiger partial charge in [-0.1, -0.05) is 72.8 Å². The molecule has 41 heavy (non-hydrogen) atoms. The number of nitrogens with one attached hydrogen (secondary N) is 1. The summed E-state index contributed by atoms with van der Waals surface area (Å²) < 4.78 is 11.3. The van der Waals surface area contributed by atoms with Crippen LogP contribution in [0.1, 0.15) is 24.1 Å². The normalized spacial score (nSPS) is 15.7. The van der Waals surface area contributed by atoms with E-state index < -0.39 is 0 Å². The van der Waals surface area contributed by atoms with Gasteiger partial charge in [0.1, 0.15) is 0 Å². The molecule has 0 aromatic heterocycles. The van der Waals surface area contributed by atoms with Gasteiger partial charge in [0.05, 0.1) is 23.7 Å². The molecule has 1 heterocycles. The molecular formula is C33H29N3O4S. The number of aliphatic imine (C=N–C) groups is 1. The van der Waals surface area contributed by atoms with E-state index >= 15 is 0 Å². The molecule has 206 valence electrons. The second kappa shape index (κ2) is 13.0. The van der Waals surface area contributed by atoms with E-state index in [1.54, 1.807) is 29.2 Å². The van der Waals surface area contributed by atoms with Crippen LogP contribution >= 0.6 is 11.8 Å². The quantitative estimate of drug-likeness (QED) is 0.220. The SMILES string of the molecule is COc1cc(/C=C2/SC(=Nc3ccccc3)N([C@H](C)c3ccccc3)C2=O)ccc1OCC(=O)Nc1ccccc1. The molecule has 8 heteroatoms. The molecule has 4 aromatic carbocycles. The zero-order valence-electron chi connectivity index (χ0n) is 22.7. The van der Waals surface area contributed by atoms with Gasteiger partial charge in [-0.25, -0.2) is 4.99 Å². The summed E-state index contributed by atoms with van der Waals surface area (Å²) in [6.45, 7) is 1.83. The molecule has 5 rings (SSSR count). The zero-order valence-corrected chi connectivity index (χ0v) is 23.5. The number of ether oxygens (including phenoxy) is 2. The lowest BCUT2D eigenvalue weighted by Crippen LogP contribution is -2.32. The standard InChI is InChI=1S/C33H29N3O4S/c1-23(25-12-6-3-7-13-25)36-32(38)30(41-33(36)35-27-16-10-5-11-17-27)21-24-18-19-28(29(20-24)39-2)40-22-31(37)34-26-14-8-4-9-15-26/h3-21,23H,22H2,1-2H3,(H,34,37)/b30-21+,35-33?/t23-/m1/s1. The highest BCUT2D eigenvalue weighted by Crippen LogP contribution is 2.40. The molecule has 0 unspecified atom stereocenters. The molecule has 0 spiro atoms. The lowest BCUT2D eigenvalue weighted by atomic mass is 10.1. The number of nitrogens with zero attached hydrogens (tertiary/aromatic N) is 2. The number of hydrogen-bond acceptors (Lipinski definition) is 6.